The van der Waals surface area contributed by atoms with Crippen LogP contribution in [-0.2, 0) is 0 Å². The Labute approximate surface area is 102 Å². The molecule has 0 fully saturated rings. The Balaban J connectivity index is 2.01. The van der Waals surface area contributed by atoms with Crippen molar-refractivity contribution in [2.45, 2.75) is 6.92 Å². The van der Waals surface area contributed by atoms with Gasteiger partial charge in [0.1, 0.15) is 0 Å². The molecule has 0 saturated carbocycles. The number of hydrogen-bond donors (Lipinski definition) is 1. The van der Waals surface area contributed by atoms with Crippen molar-refractivity contribution in [3.8, 4) is 11.4 Å². The van der Waals surface area contributed by atoms with Gasteiger partial charge in [-0.25, -0.2) is 9.48 Å². The second kappa shape index (κ2) is 3.99. The molecule has 0 radical (unpaired) electrons. The van der Waals surface area contributed by atoms with E-state index in [0.717, 1.165) is 11.4 Å². The predicted octanol–water partition coefficient (Wildman–Crippen LogP) is 0.739. The molecule has 3 aromatic rings. The monoisotopic (exact) mass is 243 g/mol. The second-order valence-corrected chi connectivity index (χ2v) is 3.87. The summed E-state index contributed by atoms with van der Waals surface area (Å²) in [7, 11) is 0. The summed E-state index contributed by atoms with van der Waals surface area (Å²) in [4.78, 5) is 11.2. The maximum Gasteiger partial charge on any atom is 0.430 e. The lowest BCUT2D eigenvalue weighted by Crippen LogP contribution is -2.36. The third-order valence-electron chi connectivity index (χ3n) is 2.74. The number of aromatic amines is 1. The highest BCUT2D eigenvalue weighted by molar-refractivity contribution is 5.36. The van der Waals surface area contributed by atoms with Gasteiger partial charge in [-0.05, 0) is 28.2 Å². The van der Waals surface area contributed by atoms with Gasteiger partial charge in [0.25, 0.3) is 5.69 Å². The zero-order valence-electron chi connectivity index (χ0n) is 9.70. The smallest absolute Gasteiger partial charge is 0.283 e. The van der Waals surface area contributed by atoms with Crippen molar-refractivity contribution in [1.82, 2.24) is 15.1 Å². The lowest BCUT2D eigenvalue weighted by Gasteiger charge is -1.99. The molecule has 0 amide bonds. The molecule has 0 unspecified atom stereocenters. The van der Waals surface area contributed by atoms with Gasteiger partial charge in [0.05, 0.1) is 5.69 Å². The fourth-order valence-electron chi connectivity index (χ4n) is 1.74. The summed E-state index contributed by atoms with van der Waals surface area (Å²) in [6.45, 7) is 1.70. The van der Waals surface area contributed by atoms with Crippen LogP contribution in [0, 0.1) is 6.92 Å². The fraction of sp³-hybridized carbons (Fsp3) is 0.0833. The van der Waals surface area contributed by atoms with Crippen LogP contribution in [0.15, 0.2) is 52.0 Å². The first kappa shape index (κ1) is 10.5. The van der Waals surface area contributed by atoms with Crippen molar-refractivity contribution in [1.29, 1.82) is 0 Å². The number of H-pyrrole nitrogens is 1. The third kappa shape index (κ3) is 1.64. The van der Waals surface area contributed by atoms with Crippen LogP contribution in [0.2, 0.25) is 0 Å². The Kier molecular flexibility index (Phi) is 2.33. The molecule has 2 heterocycles. The standard InChI is InChI=1S/C12H10N4O2/c1-9-12(17)18-14-16(9)11-5-3-10(4-6-11)15-8-2-7-13-15/h2-8H,1H3/p+1. The summed E-state index contributed by atoms with van der Waals surface area (Å²) < 4.78 is 8.07. The molecule has 3 rings (SSSR count). The Bertz CT molecular complexity index is 707. The highest BCUT2D eigenvalue weighted by Crippen LogP contribution is 2.08. The summed E-state index contributed by atoms with van der Waals surface area (Å²) in [5.41, 5.74) is 1.91. The summed E-state index contributed by atoms with van der Waals surface area (Å²) >= 11 is 0. The molecule has 1 N–H and O–H groups in total. The normalized spacial score (nSPS) is 10.7. The molecule has 2 aromatic heterocycles. The minimum Gasteiger partial charge on any atom is -0.283 e. The highest BCUT2D eigenvalue weighted by atomic mass is 16.5. The number of hydrogen-bond acceptors (Lipinski definition) is 3. The van der Waals surface area contributed by atoms with Crippen LogP contribution in [0.1, 0.15) is 5.69 Å². The molecule has 90 valence electrons. The first-order valence-corrected chi connectivity index (χ1v) is 5.46. The molecular weight excluding hydrogens is 232 g/mol. The number of benzene rings is 1. The average molecular weight is 243 g/mol. The van der Waals surface area contributed by atoms with Gasteiger partial charge in [-0.2, -0.15) is 5.10 Å². The Morgan fingerprint density at radius 3 is 2.67 bits per heavy atom. The van der Waals surface area contributed by atoms with Crippen LogP contribution in [0.4, 0.5) is 0 Å². The van der Waals surface area contributed by atoms with Gasteiger partial charge in [0.2, 0.25) is 5.69 Å². The first-order valence-electron chi connectivity index (χ1n) is 5.46. The second-order valence-electron chi connectivity index (χ2n) is 3.87. The molecule has 0 spiro atoms. The first-order chi connectivity index (χ1) is 8.75. The maximum atomic E-state index is 11.2. The van der Waals surface area contributed by atoms with Gasteiger partial charge in [0.15, 0.2) is 0 Å². The zero-order valence-corrected chi connectivity index (χ0v) is 9.70. The molecule has 0 saturated heterocycles. The largest absolute Gasteiger partial charge is 0.430 e. The molecular formula is C12H11N4O2+. The summed E-state index contributed by atoms with van der Waals surface area (Å²) in [5, 5.41) is 6.70. The van der Waals surface area contributed by atoms with Crippen LogP contribution >= 0.6 is 0 Å². The Morgan fingerprint density at radius 1 is 1.33 bits per heavy atom. The minimum atomic E-state index is -0.369. The fourth-order valence-corrected chi connectivity index (χ4v) is 1.74. The molecule has 6 nitrogen and oxygen atoms in total. The van der Waals surface area contributed by atoms with Crippen molar-refractivity contribution in [2.75, 3.05) is 0 Å². The average Bonchev–Trinajstić information content (AvgIpc) is 3.02. The zero-order chi connectivity index (χ0) is 12.5. The van der Waals surface area contributed by atoms with Crippen molar-refractivity contribution in [2.24, 2.45) is 0 Å². The summed E-state index contributed by atoms with van der Waals surface area (Å²) in [6, 6.07) is 9.46. The Morgan fingerprint density at radius 2 is 2.11 bits per heavy atom. The topological polar surface area (TPSA) is 67.7 Å². The van der Waals surface area contributed by atoms with Crippen LogP contribution in [0.5, 0.6) is 0 Å². The quantitative estimate of drug-likeness (QED) is 0.675. The molecule has 1 aromatic carbocycles. The number of nitrogens with zero attached hydrogens (tertiary/aromatic N) is 3. The van der Waals surface area contributed by atoms with E-state index in [1.807, 2.05) is 36.5 Å². The molecule has 0 aliphatic rings. The molecule has 0 aliphatic carbocycles. The SMILES string of the molecule is Cc1c(=O)o[nH][n+]1-c1ccc(-n2cccn2)cc1. The van der Waals surface area contributed by atoms with Crippen LogP contribution in [-0.4, -0.2) is 15.1 Å². The van der Waals surface area contributed by atoms with E-state index in [-0.39, 0.29) is 5.63 Å². The van der Waals surface area contributed by atoms with E-state index in [1.165, 1.54) is 0 Å². The van der Waals surface area contributed by atoms with Gasteiger partial charge in [-0.15, -0.1) is 0 Å². The highest BCUT2D eigenvalue weighted by Gasteiger charge is 2.17. The molecule has 6 heteroatoms. The number of nitrogens with one attached hydrogen (secondary N) is 1. The van der Waals surface area contributed by atoms with Crippen LogP contribution < -0.4 is 10.3 Å². The van der Waals surface area contributed by atoms with Crippen LogP contribution in [0.3, 0.4) is 0 Å². The molecule has 18 heavy (non-hydrogen) atoms. The van der Waals surface area contributed by atoms with E-state index in [0.29, 0.717) is 5.69 Å². The maximum absolute atomic E-state index is 11.2. The van der Waals surface area contributed by atoms with Crippen molar-refractivity contribution < 1.29 is 9.20 Å². The number of rotatable bonds is 2. The van der Waals surface area contributed by atoms with E-state index in [1.54, 1.807) is 22.5 Å². The van der Waals surface area contributed by atoms with Crippen molar-refractivity contribution in [3.05, 3.63) is 58.8 Å². The van der Waals surface area contributed by atoms with E-state index in [9.17, 15) is 4.79 Å². The predicted molar refractivity (Wildman–Crippen MR) is 62.7 cm³/mol. The van der Waals surface area contributed by atoms with E-state index < -0.39 is 0 Å². The van der Waals surface area contributed by atoms with Crippen LogP contribution in [0.25, 0.3) is 11.4 Å². The van der Waals surface area contributed by atoms with E-state index in [2.05, 4.69) is 10.4 Å². The van der Waals surface area contributed by atoms with Gasteiger partial charge in [-0.1, -0.05) is 0 Å². The van der Waals surface area contributed by atoms with E-state index in [4.69, 9.17) is 4.52 Å². The molecule has 0 atom stereocenters. The minimum absolute atomic E-state index is 0.369. The van der Waals surface area contributed by atoms with Gasteiger partial charge < -0.3 is 0 Å². The molecule has 0 bridgehead atoms. The molecule has 0 aliphatic heterocycles. The number of aromatic nitrogens is 4. The third-order valence-corrected chi connectivity index (χ3v) is 2.74. The van der Waals surface area contributed by atoms with Crippen molar-refractivity contribution in [3.63, 3.8) is 0 Å². The van der Waals surface area contributed by atoms with E-state index >= 15 is 0 Å². The van der Waals surface area contributed by atoms with Gasteiger partial charge >= 0.3 is 5.63 Å². The lowest BCUT2D eigenvalue weighted by molar-refractivity contribution is -0.676. The summed E-state index contributed by atoms with van der Waals surface area (Å²) in [5.74, 6) is 0. The lowest BCUT2D eigenvalue weighted by atomic mass is 10.3. The van der Waals surface area contributed by atoms with Gasteiger partial charge in [-0.3, -0.25) is 4.52 Å². The Hall–Kier alpha value is -2.63. The van der Waals surface area contributed by atoms with Gasteiger partial charge in [0, 0.05) is 31.5 Å². The summed E-state index contributed by atoms with van der Waals surface area (Å²) in [6.07, 6.45) is 3.59. The van der Waals surface area contributed by atoms with Crippen molar-refractivity contribution >= 4 is 0 Å².